The third-order valence-electron chi connectivity index (χ3n) is 2.61. The first-order valence-electron chi connectivity index (χ1n) is 5.55. The lowest BCUT2D eigenvalue weighted by molar-refractivity contribution is 0.347. The van der Waals surface area contributed by atoms with Gasteiger partial charge in [0.05, 0.1) is 31.4 Å². The van der Waals surface area contributed by atoms with E-state index >= 15 is 0 Å². The molecule has 0 bridgehead atoms. The summed E-state index contributed by atoms with van der Waals surface area (Å²) >= 11 is 6.44. The van der Waals surface area contributed by atoms with Crippen LogP contribution in [0.15, 0.2) is 32.2 Å². The highest BCUT2D eigenvalue weighted by atomic mass is 79.9. The van der Waals surface area contributed by atoms with Crippen molar-refractivity contribution in [2.24, 2.45) is 0 Å². The topological polar surface area (TPSA) is 66.2 Å². The summed E-state index contributed by atoms with van der Waals surface area (Å²) in [4.78, 5) is 16.3. The molecule has 0 saturated heterocycles. The molecule has 2 aromatic heterocycles. The zero-order valence-electron chi connectivity index (χ0n) is 10.8. The highest BCUT2D eigenvalue weighted by Crippen LogP contribution is 2.29. The largest absolute Gasteiger partial charge is 0.493 e. The minimum absolute atomic E-state index is 0.186. The molecule has 6 nitrogen and oxygen atoms in total. The van der Waals surface area contributed by atoms with Crippen LogP contribution in [-0.2, 0) is 6.54 Å². The normalized spacial score (nSPS) is 10.4. The van der Waals surface area contributed by atoms with Crippen molar-refractivity contribution in [3.63, 3.8) is 0 Å². The highest BCUT2D eigenvalue weighted by Gasteiger charge is 2.14. The summed E-state index contributed by atoms with van der Waals surface area (Å²) in [5, 5.41) is 4.06. The molecule has 0 aromatic carbocycles. The Kier molecular flexibility index (Phi) is 4.77. The Labute approximate surface area is 132 Å². The van der Waals surface area contributed by atoms with Crippen molar-refractivity contribution in [1.29, 1.82) is 0 Å². The van der Waals surface area contributed by atoms with E-state index in [4.69, 9.17) is 9.47 Å². The zero-order chi connectivity index (χ0) is 14.7. The van der Waals surface area contributed by atoms with E-state index in [0.717, 1.165) is 0 Å². The van der Waals surface area contributed by atoms with Gasteiger partial charge in [0.2, 0.25) is 0 Å². The number of rotatable bonds is 4. The van der Waals surface area contributed by atoms with Gasteiger partial charge in [0.25, 0.3) is 5.56 Å². The smallest absolute Gasteiger partial charge is 0.282 e. The summed E-state index contributed by atoms with van der Waals surface area (Å²) in [6.45, 7) is 0.186. The number of methoxy groups -OCH3 is 2. The van der Waals surface area contributed by atoms with Crippen LogP contribution in [-0.4, -0.2) is 29.0 Å². The second-order valence-electron chi connectivity index (χ2n) is 3.76. The summed E-state index contributed by atoms with van der Waals surface area (Å²) < 4.78 is 12.8. The minimum atomic E-state index is -0.258. The number of hydrogen-bond acceptors (Lipinski definition) is 5. The van der Waals surface area contributed by atoms with Crippen LogP contribution >= 0.6 is 31.9 Å². The fraction of sp³-hybridized carbons (Fsp3) is 0.250. The molecule has 0 aliphatic heterocycles. The van der Waals surface area contributed by atoms with Crippen molar-refractivity contribution < 1.29 is 9.47 Å². The Morgan fingerprint density at radius 3 is 2.70 bits per heavy atom. The summed E-state index contributed by atoms with van der Waals surface area (Å²) in [6.07, 6.45) is 3.13. The van der Waals surface area contributed by atoms with Crippen molar-refractivity contribution in [1.82, 2.24) is 14.8 Å². The molecule has 2 heterocycles. The Morgan fingerprint density at radius 1 is 1.30 bits per heavy atom. The molecule has 20 heavy (non-hydrogen) atoms. The van der Waals surface area contributed by atoms with Gasteiger partial charge < -0.3 is 9.47 Å². The average Bonchev–Trinajstić information content (AvgIpc) is 2.47. The number of halogens is 2. The molecule has 0 spiro atoms. The van der Waals surface area contributed by atoms with Gasteiger partial charge in [-0.1, -0.05) is 0 Å². The predicted octanol–water partition coefficient (Wildman–Crippen LogP) is 2.23. The summed E-state index contributed by atoms with van der Waals surface area (Å²) in [6, 6.07) is 1.69. The molecule has 0 atom stereocenters. The van der Waals surface area contributed by atoms with Crippen molar-refractivity contribution in [2.45, 2.75) is 6.54 Å². The van der Waals surface area contributed by atoms with Gasteiger partial charge in [-0.2, -0.15) is 5.10 Å². The lowest BCUT2D eigenvalue weighted by atomic mass is 10.3. The zero-order valence-corrected chi connectivity index (χ0v) is 13.9. The second kappa shape index (κ2) is 6.36. The van der Waals surface area contributed by atoms with Crippen LogP contribution in [0, 0.1) is 0 Å². The fourth-order valence-electron chi connectivity index (χ4n) is 1.66. The Bertz CT molecular complexity index is 688. The average molecular weight is 405 g/mol. The first kappa shape index (κ1) is 15.0. The van der Waals surface area contributed by atoms with Crippen molar-refractivity contribution in [3.8, 4) is 11.5 Å². The van der Waals surface area contributed by atoms with Gasteiger partial charge in [-0.3, -0.25) is 9.78 Å². The van der Waals surface area contributed by atoms with Gasteiger partial charge in [0.1, 0.15) is 10.2 Å². The first-order valence-corrected chi connectivity index (χ1v) is 7.14. The number of nitrogens with zero attached hydrogens (tertiary/aromatic N) is 3. The molecule has 0 amide bonds. The summed E-state index contributed by atoms with van der Waals surface area (Å²) in [5.74, 6) is 1.05. The van der Waals surface area contributed by atoms with Crippen LogP contribution in [0.4, 0.5) is 0 Å². The SMILES string of the molecule is COc1ccnc(Cn2ncc(Br)c(Br)c2=O)c1OC. The summed E-state index contributed by atoms with van der Waals surface area (Å²) in [5.41, 5.74) is 0.307. The fourth-order valence-corrected chi connectivity index (χ4v) is 2.23. The highest BCUT2D eigenvalue weighted by molar-refractivity contribution is 9.13. The standard InChI is InChI=1S/C12H11Br2N3O3/c1-19-9-3-4-15-8(11(9)20-2)6-17-12(18)10(14)7(13)5-16-17/h3-5H,6H2,1-2H3. The maximum atomic E-state index is 12.1. The molecule has 0 fully saturated rings. The molecule has 106 valence electrons. The molecule has 0 saturated carbocycles. The van der Waals surface area contributed by atoms with Gasteiger partial charge in [0, 0.05) is 12.3 Å². The van der Waals surface area contributed by atoms with E-state index in [1.54, 1.807) is 19.4 Å². The minimum Gasteiger partial charge on any atom is -0.493 e. The molecule has 0 N–H and O–H groups in total. The maximum absolute atomic E-state index is 12.1. The van der Waals surface area contributed by atoms with E-state index < -0.39 is 0 Å². The third kappa shape index (κ3) is 2.85. The van der Waals surface area contributed by atoms with E-state index in [-0.39, 0.29) is 12.1 Å². The molecular formula is C12H11Br2N3O3. The molecular weight excluding hydrogens is 394 g/mol. The van der Waals surface area contributed by atoms with Gasteiger partial charge in [-0.15, -0.1) is 0 Å². The van der Waals surface area contributed by atoms with E-state index in [0.29, 0.717) is 26.1 Å². The van der Waals surface area contributed by atoms with Crippen LogP contribution < -0.4 is 15.0 Å². The van der Waals surface area contributed by atoms with Crippen LogP contribution in [0.3, 0.4) is 0 Å². The van der Waals surface area contributed by atoms with E-state index in [2.05, 4.69) is 41.9 Å². The Balaban J connectivity index is 2.45. The second-order valence-corrected chi connectivity index (χ2v) is 5.41. The van der Waals surface area contributed by atoms with Crippen LogP contribution in [0.25, 0.3) is 0 Å². The maximum Gasteiger partial charge on any atom is 0.282 e. The lowest BCUT2D eigenvalue weighted by Gasteiger charge is -2.12. The Hall–Kier alpha value is -1.41. The summed E-state index contributed by atoms with van der Waals surface area (Å²) in [7, 11) is 3.07. The quantitative estimate of drug-likeness (QED) is 0.781. The van der Waals surface area contributed by atoms with E-state index in [1.165, 1.54) is 18.0 Å². The number of aromatic nitrogens is 3. The van der Waals surface area contributed by atoms with Crippen molar-refractivity contribution in [2.75, 3.05) is 14.2 Å². The van der Waals surface area contributed by atoms with Gasteiger partial charge >= 0.3 is 0 Å². The lowest BCUT2D eigenvalue weighted by Crippen LogP contribution is -2.24. The predicted molar refractivity (Wildman–Crippen MR) is 80.3 cm³/mol. The van der Waals surface area contributed by atoms with Crippen molar-refractivity contribution in [3.05, 3.63) is 43.5 Å². The van der Waals surface area contributed by atoms with Crippen LogP contribution in [0.2, 0.25) is 0 Å². The Morgan fingerprint density at radius 2 is 2.05 bits per heavy atom. The number of ether oxygens (including phenoxy) is 2. The monoisotopic (exact) mass is 403 g/mol. The van der Waals surface area contributed by atoms with E-state index in [9.17, 15) is 4.79 Å². The van der Waals surface area contributed by atoms with Crippen LogP contribution in [0.1, 0.15) is 5.69 Å². The molecule has 0 radical (unpaired) electrons. The molecule has 8 heteroatoms. The van der Waals surface area contributed by atoms with Gasteiger partial charge in [-0.05, 0) is 31.9 Å². The molecule has 2 aromatic rings. The molecule has 0 unspecified atom stereocenters. The molecule has 0 aliphatic carbocycles. The van der Waals surface area contributed by atoms with Gasteiger partial charge in [-0.25, -0.2) is 4.68 Å². The number of hydrogen-bond donors (Lipinski definition) is 0. The first-order chi connectivity index (χ1) is 9.58. The number of pyridine rings is 1. The third-order valence-corrected chi connectivity index (χ3v) is 4.51. The van der Waals surface area contributed by atoms with E-state index in [1.807, 2.05) is 0 Å². The van der Waals surface area contributed by atoms with Crippen molar-refractivity contribution >= 4 is 31.9 Å². The van der Waals surface area contributed by atoms with Gasteiger partial charge in [0.15, 0.2) is 11.5 Å². The molecule has 0 aliphatic rings. The van der Waals surface area contributed by atoms with Crippen LogP contribution in [0.5, 0.6) is 11.5 Å². The molecule has 2 rings (SSSR count).